The van der Waals surface area contributed by atoms with Gasteiger partial charge in [-0.15, -0.1) is 0 Å². The molecule has 5 atom stereocenters. The summed E-state index contributed by atoms with van der Waals surface area (Å²) in [5.41, 5.74) is 0. The molecule has 2 rings (SSSR count). The monoisotopic (exact) mass is 392 g/mol. The highest BCUT2D eigenvalue weighted by Gasteiger charge is 2.40. The summed E-state index contributed by atoms with van der Waals surface area (Å²) in [7, 11) is 0. The van der Waals surface area contributed by atoms with Crippen molar-refractivity contribution in [1.82, 2.24) is 0 Å². The van der Waals surface area contributed by atoms with Gasteiger partial charge in [-0.3, -0.25) is 4.79 Å². The molecule has 0 bridgehead atoms. The van der Waals surface area contributed by atoms with E-state index in [2.05, 4.69) is 11.8 Å². The molecular weight excluding hydrogens is 356 g/mol. The molecule has 0 aliphatic heterocycles. The van der Waals surface area contributed by atoms with Gasteiger partial charge in [0, 0.05) is 18.8 Å². The van der Waals surface area contributed by atoms with Crippen molar-refractivity contribution in [3.05, 3.63) is 12.2 Å². The number of hydrogen-bond donors (Lipinski definition) is 4. The van der Waals surface area contributed by atoms with Crippen LogP contribution in [0.15, 0.2) is 12.2 Å². The van der Waals surface area contributed by atoms with Crippen LogP contribution in [0, 0.1) is 29.6 Å². The average molecular weight is 393 g/mol. The second-order valence-electron chi connectivity index (χ2n) is 8.44. The van der Waals surface area contributed by atoms with Gasteiger partial charge in [-0.25, -0.2) is 0 Å². The molecule has 158 valence electrons. The number of allylic oxidation sites excluding steroid dienone is 2. The van der Waals surface area contributed by atoms with Crippen LogP contribution >= 0.6 is 0 Å². The highest BCUT2D eigenvalue weighted by molar-refractivity contribution is 5.66. The maximum atomic E-state index is 10.5. The van der Waals surface area contributed by atoms with Crippen molar-refractivity contribution in [3.8, 4) is 11.8 Å². The largest absolute Gasteiger partial charge is 0.481 e. The van der Waals surface area contributed by atoms with Crippen LogP contribution in [0.3, 0.4) is 0 Å². The van der Waals surface area contributed by atoms with E-state index in [4.69, 9.17) is 5.11 Å². The van der Waals surface area contributed by atoms with Crippen LogP contribution in [0.5, 0.6) is 0 Å². The van der Waals surface area contributed by atoms with Crippen molar-refractivity contribution in [3.63, 3.8) is 0 Å². The fourth-order valence-corrected chi connectivity index (χ4v) is 4.48. The van der Waals surface area contributed by atoms with Crippen molar-refractivity contribution >= 4 is 5.97 Å². The Bertz CT molecular complexity index is 555. The van der Waals surface area contributed by atoms with E-state index in [1.807, 2.05) is 12.2 Å². The molecule has 0 aromatic heterocycles. The second kappa shape index (κ2) is 12.3. The highest BCUT2D eigenvalue weighted by atomic mass is 16.4. The molecule has 2 aliphatic carbocycles. The molecule has 0 saturated heterocycles. The number of carboxylic acids is 1. The van der Waals surface area contributed by atoms with Gasteiger partial charge >= 0.3 is 5.97 Å². The molecule has 28 heavy (non-hydrogen) atoms. The summed E-state index contributed by atoms with van der Waals surface area (Å²) in [6, 6.07) is 0. The fraction of sp³-hybridized carbons (Fsp3) is 0.783. The molecule has 0 radical (unpaired) electrons. The van der Waals surface area contributed by atoms with Crippen molar-refractivity contribution in [2.75, 3.05) is 0 Å². The molecule has 5 nitrogen and oxygen atoms in total. The smallest absolute Gasteiger partial charge is 0.303 e. The minimum Gasteiger partial charge on any atom is -0.481 e. The third kappa shape index (κ3) is 7.95. The Balaban J connectivity index is 1.79. The molecule has 2 saturated carbocycles. The van der Waals surface area contributed by atoms with Crippen LogP contribution < -0.4 is 0 Å². The van der Waals surface area contributed by atoms with Gasteiger partial charge in [0.2, 0.25) is 0 Å². The molecule has 5 heteroatoms. The van der Waals surface area contributed by atoms with Crippen LogP contribution in [0.4, 0.5) is 0 Å². The van der Waals surface area contributed by atoms with Gasteiger partial charge in [0.15, 0.2) is 0 Å². The zero-order valence-corrected chi connectivity index (χ0v) is 16.8. The Morgan fingerprint density at radius 3 is 2.57 bits per heavy atom. The van der Waals surface area contributed by atoms with Crippen molar-refractivity contribution < 1.29 is 25.2 Å². The lowest BCUT2D eigenvalue weighted by atomic mass is 9.85. The number of aliphatic hydroxyl groups excluding tert-OH is 3. The lowest BCUT2D eigenvalue weighted by Crippen LogP contribution is -2.21. The third-order valence-electron chi connectivity index (χ3n) is 6.18. The summed E-state index contributed by atoms with van der Waals surface area (Å²) in [5.74, 6) is 5.40. The Labute approximate surface area is 168 Å². The number of hydrogen-bond acceptors (Lipinski definition) is 4. The van der Waals surface area contributed by atoms with E-state index in [0.717, 1.165) is 6.42 Å². The molecule has 2 aliphatic rings. The minimum atomic E-state index is -0.792. The van der Waals surface area contributed by atoms with Gasteiger partial charge in [0.25, 0.3) is 0 Å². The van der Waals surface area contributed by atoms with E-state index in [0.29, 0.717) is 38.0 Å². The number of carboxylic acid groups (broad SMARTS) is 1. The zero-order chi connectivity index (χ0) is 20.4. The first-order valence-corrected chi connectivity index (χ1v) is 10.9. The Kier molecular flexibility index (Phi) is 10.0. The first kappa shape index (κ1) is 22.9. The topological polar surface area (TPSA) is 98.0 Å². The van der Waals surface area contributed by atoms with E-state index in [9.17, 15) is 20.1 Å². The quantitative estimate of drug-likeness (QED) is 0.274. The molecule has 2 fully saturated rings. The van der Waals surface area contributed by atoms with E-state index < -0.39 is 24.3 Å². The van der Waals surface area contributed by atoms with E-state index in [1.54, 1.807) is 0 Å². The number of unbranched alkanes of at least 4 members (excludes halogenated alkanes) is 1. The zero-order valence-electron chi connectivity index (χ0n) is 16.8. The van der Waals surface area contributed by atoms with Gasteiger partial charge in [-0.1, -0.05) is 56.1 Å². The van der Waals surface area contributed by atoms with Gasteiger partial charge in [0.05, 0.1) is 18.1 Å². The second-order valence-corrected chi connectivity index (χ2v) is 8.44. The predicted octanol–water partition coefficient (Wildman–Crippen LogP) is 3.27. The van der Waals surface area contributed by atoms with Crippen LogP contribution in [0.25, 0.3) is 0 Å². The summed E-state index contributed by atoms with van der Waals surface area (Å²) >= 11 is 0. The molecule has 0 amide bonds. The summed E-state index contributed by atoms with van der Waals surface area (Å²) in [5, 5.41) is 39.3. The van der Waals surface area contributed by atoms with Crippen LogP contribution in [-0.2, 0) is 4.79 Å². The standard InChI is InChI=1S/C23H36O5/c24-18(13-12-17-8-4-3-5-9-17)14-15-20-19(21(25)16-22(20)26)10-6-1-2-7-11-23(27)28/h1,6,17-22,24-26H,2-5,7-13,16H2,(H,27,28)/b6-1-/t18-,19+,20+,21-,22+/m0/s1. The first-order chi connectivity index (χ1) is 13.5. The fourth-order valence-electron chi connectivity index (χ4n) is 4.48. The Morgan fingerprint density at radius 2 is 1.86 bits per heavy atom. The van der Waals surface area contributed by atoms with Gasteiger partial charge in [0.1, 0.15) is 6.10 Å². The van der Waals surface area contributed by atoms with E-state index in [-0.39, 0.29) is 18.3 Å². The van der Waals surface area contributed by atoms with Gasteiger partial charge in [-0.05, 0) is 38.0 Å². The number of carbonyl (C=O) groups is 1. The predicted molar refractivity (Wildman–Crippen MR) is 108 cm³/mol. The molecule has 0 aromatic carbocycles. The van der Waals surface area contributed by atoms with Crippen LogP contribution in [-0.4, -0.2) is 44.7 Å². The number of rotatable bonds is 9. The van der Waals surface area contributed by atoms with Gasteiger partial charge in [-0.2, -0.15) is 0 Å². The van der Waals surface area contributed by atoms with E-state index in [1.165, 1.54) is 32.1 Å². The maximum Gasteiger partial charge on any atom is 0.303 e. The lowest BCUT2D eigenvalue weighted by molar-refractivity contribution is -0.137. The van der Waals surface area contributed by atoms with Crippen LogP contribution in [0.1, 0.15) is 77.0 Å². The Morgan fingerprint density at radius 1 is 1.11 bits per heavy atom. The van der Waals surface area contributed by atoms with Crippen molar-refractivity contribution in [2.24, 2.45) is 17.8 Å². The number of aliphatic hydroxyl groups is 3. The molecule has 0 aromatic rings. The van der Waals surface area contributed by atoms with Crippen LogP contribution in [0.2, 0.25) is 0 Å². The normalized spacial score (nSPS) is 29.5. The summed E-state index contributed by atoms with van der Waals surface area (Å²) in [4.78, 5) is 10.5. The maximum absolute atomic E-state index is 10.5. The summed E-state index contributed by atoms with van der Waals surface area (Å²) in [6.07, 6.45) is 12.4. The SMILES string of the molecule is O=C(O)CCC/C=C\C[C@@H]1[C@@H](C#C[C@@H](O)CCC2CCCCC2)[C@H](O)C[C@@H]1O. The third-order valence-corrected chi connectivity index (χ3v) is 6.18. The number of aliphatic carboxylic acids is 1. The molecule has 0 unspecified atom stereocenters. The summed E-state index contributed by atoms with van der Waals surface area (Å²) < 4.78 is 0. The Hall–Kier alpha value is -1.35. The van der Waals surface area contributed by atoms with E-state index >= 15 is 0 Å². The molecular formula is C23H36O5. The summed E-state index contributed by atoms with van der Waals surface area (Å²) in [6.45, 7) is 0. The van der Waals surface area contributed by atoms with Gasteiger partial charge < -0.3 is 20.4 Å². The molecule has 4 N–H and O–H groups in total. The minimum absolute atomic E-state index is 0.149. The average Bonchev–Trinajstić information content (AvgIpc) is 2.94. The van der Waals surface area contributed by atoms with Crippen molar-refractivity contribution in [1.29, 1.82) is 0 Å². The van der Waals surface area contributed by atoms with Crippen molar-refractivity contribution in [2.45, 2.75) is 95.4 Å². The molecule has 0 heterocycles. The highest BCUT2D eigenvalue weighted by Crippen LogP contribution is 2.35. The lowest BCUT2D eigenvalue weighted by Gasteiger charge is -2.21. The molecule has 0 spiro atoms. The first-order valence-electron chi connectivity index (χ1n) is 10.9.